The van der Waals surface area contributed by atoms with Gasteiger partial charge in [0.05, 0.1) is 12.2 Å². The Morgan fingerprint density at radius 1 is 0.946 bits per heavy atom. The molecule has 0 aliphatic rings. The number of hydrogen-bond donors (Lipinski definition) is 2. The Kier molecular flexibility index (Phi) is 7.31. The lowest BCUT2D eigenvalue weighted by atomic mass is 9.79. The van der Waals surface area contributed by atoms with Crippen LogP contribution in [0.25, 0.3) is 10.9 Å². The molecule has 0 amide bonds. The van der Waals surface area contributed by atoms with E-state index >= 15 is 0 Å². The number of imidazole rings is 1. The number of aromatic hydroxyl groups is 1. The summed E-state index contributed by atoms with van der Waals surface area (Å²) < 4.78 is 2.19. The second-order valence-corrected chi connectivity index (χ2v) is 12.6. The number of rotatable bonds is 7. The third-order valence-electron chi connectivity index (χ3n) is 7.70. The average molecular weight is 501 g/mol. The molecule has 4 aromatic rings. The summed E-state index contributed by atoms with van der Waals surface area (Å²) in [4.78, 5) is 10.7. The number of aromatic amines is 1. The average Bonchev–Trinajstić information content (AvgIpc) is 3.33. The van der Waals surface area contributed by atoms with Gasteiger partial charge in [0.1, 0.15) is 11.6 Å². The molecule has 2 aromatic heterocycles. The quantitative estimate of drug-likeness (QED) is 0.285. The number of aromatic nitrogens is 3. The Bertz CT molecular complexity index is 1390. The smallest absolute Gasteiger partial charge is 0.123 e. The number of H-pyrrole nitrogens is 1. The summed E-state index contributed by atoms with van der Waals surface area (Å²) in [6.45, 7) is 19.7. The van der Waals surface area contributed by atoms with Crippen molar-refractivity contribution in [3.05, 3.63) is 82.1 Å². The van der Waals surface area contributed by atoms with Crippen molar-refractivity contribution in [3.63, 3.8) is 0 Å². The first-order valence-electron chi connectivity index (χ1n) is 13.4. The monoisotopic (exact) mass is 500 g/mol. The number of phenols is 1. The Labute approximate surface area is 222 Å². The molecule has 0 radical (unpaired) electrons. The van der Waals surface area contributed by atoms with Crippen molar-refractivity contribution < 1.29 is 5.11 Å². The summed E-state index contributed by atoms with van der Waals surface area (Å²) in [5, 5.41) is 12.8. The largest absolute Gasteiger partial charge is 0.507 e. The number of phenolic OH excluding ortho intramolecular Hbond substituents is 1. The fourth-order valence-corrected chi connectivity index (χ4v) is 5.02. The zero-order chi connectivity index (χ0) is 27.1. The Morgan fingerprint density at radius 2 is 1.65 bits per heavy atom. The highest BCUT2D eigenvalue weighted by atomic mass is 16.3. The molecule has 0 aliphatic carbocycles. The Hall–Kier alpha value is -3.05. The number of nitrogens with zero attached hydrogens (tertiary/aromatic N) is 3. The van der Waals surface area contributed by atoms with E-state index in [-0.39, 0.29) is 10.8 Å². The lowest BCUT2D eigenvalue weighted by molar-refractivity contribution is 0.247. The summed E-state index contributed by atoms with van der Waals surface area (Å²) in [6.07, 6.45) is 3.05. The van der Waals surface area contributed by atoms with E-state index in [1.54, 1.807) is 0 Å². The number of para-hydroxylation sites is 1. The van der Waals surface area contributed by atoms with E-state index in [1.165, 1.54) is 27.7 Å². The van der Waals surface area contributed by atoms with Crippen LogP contribution in [0.4, 0.5) is 0 Å². The fraction of sp³-hybridized carbons (Fsp3) is 0.469. The van der Waals surface area contributed by atoms with Crippen molar-refractivity contribution in [1.29, 1.82) is 0 Å². The first-order chi connectivity index (χ1) is 17.3. The molecule has 2 aromatic carbocycles. The molecule has 4 rings (SSSR count). The summed E-state index contributed by atoms with van der Waals surface area (Å²) in [7, 11) is 2.10. The van der Waals surface area contributed by atoms with E-state index in [0.717, 1.165) is 42.2 Å². The van der Waals surface area contributed by atoms with Crippen molar-refractivity contribution in [3.8, 4) is 5.75 Å². The van der Waals surface area contributed by atoms with Gasteiger partial charge in [0.15, 0.2) is 0 Å². The van der Waals surface area contributed by atoms with Crippen LogP contribution in [0.3, 0.4) is 0 Å². The molecule has 5 nitrogen and oxygen atoms in total. The van der Waals surface area contributed by atoms with Gasteiger partial charge in [0.2, 0.25) is 0 Å². The van der Waals surface area contributed by atoms with Crippen LogP contribution < -0.4 is 0 Å². The highest BCUT2D eigenvalue weighted by Crippen LogP contribution is 2.38. The molecule has 0 atom stereocenters. The van der Waals surface area contributed by atoms with Crippen molar-refractivity contribution in [2.45, 2.75) is 85.7 Å². The van der Waals surface area contributed by atoms with Gasteiger partial charge in [-0.15, -0.1) is 0 Å². The second-order valence-electron chi connectivity index (χ2n) is 12.6. The molecule has 37 heavy (non-hydrogen) atoms. The van der Waals surface area contributed by atoms with Crippen molar-refractivity contribution in [1.82, 2.24) is 19.4 Å². The molecule has 198 valence electrons. The van der Waals surface area contributed by atoms with Gasteiger partial charge in [-0.2, -0.15) is 0 Å². The number of fused-ring (bicyclic) bond motifs is 1. The van der Waals surface area contributed by atoms with Crippen LogP contribution in [0, 0.1) is 13.8 Å². The van der Waals surface area contributed by atoms with Crippen LogP contribution in [0.2, 0.25) is 0 Å². The number of hydrogen-bond acceptors (Lipinski definition) is 3. The molecule has 5 heteroatoms. The van der Waals surface area contributed by atoms with E-state index in [0.29, 0.717) is 12.3 Å². The van der Waals surface area contributed by atoms with Crippen molar-refractivity contribution in [2.24, 2.45) is 7.05 Å². The van der Waals surface area contributed by atoms with Crippen LogP contribution >= 0.6 is 0 Å². The van der Waals surface area contributed by atoms with Gasteiger partial charge in [-0.3, -0.25) is 4.90 Å². The highest BCUT2D eigenvalue weighted by molar-refractivity contribution is 5.83. The van der Waals surface area contributed by atoms with Gasteiger partial charge in [-0.1, -0.05) is 71.9 Å². The van der Waals surface area contributed by atoms with Crippen LogP contribution in [0.1, 0.15) is 81.0 Å². The predicted molar refractivity (Wildman–Crippen MR) is 154 cm³/mol. The first kappa shape index (κ1) is 27.0. The molecule has 0 spiro atoms. The molecule has 0 aliphatic heterocycles. The maximum atomic E-state index is 11.5. The second kappa shape index (κ2) is 10.0. The summed E-state index contributed by atoms with van der Waals surface area (Å²) in [5.41, 5.74) is 7.84. The van der Waals surface area contributed by atoms with Gasteiger partial charge in [0, 0.05) is 48.5 Å². The predicted octanol–water partition coefficient (Wildman–Crippen LogP) is 7.06. The van der Waals surface area contributed by atoms with Gasteiger partial charge in [0.25, 0.3) is 0 Å². The molecular weight excluding hydrogens is 456 g/mol. The number of aryl methyl sites for hydroxylation is 1. The molecule has 2 N–H and O–H groups in total. The molecule has 2 heterocycles. The maximum Gasteiger partial charge on any atom is 0.123 e. The molecule has 0 unspecified atom stereocenters. The van der Waals surface area contributed by atoms with Crippen LogP contribution in [0.15, 0.2) is 42.6 Å². The Balaban J connectivity index is 1.71. The first-order valence-corrected chi connectivity index (χ1v) is 13.4. The SMILES string of the molecule is Cc1nc(CN(CCc2c[nH]c3ccccc23)Cc2cc(C(C)(C)C)cc(C(C)(C)C)c2O)n(C)c1C. The molecular formula is C32H44N4O. The molecule has 0 saturated carbocycles. The van der Waals surface area contributed by atoms with E-state index in [1.807, 2.05) is 0 Å². The molecule has 0 bridgehead atoms. The van der Waals surface area contributed by atoms with Crippen molar-refractivity contribution >= 4 is 10.9 Å². The van der Waals surface area contributed by atoms with Crippen LogP contribution in [-0.2, 0) is 37.4 Å². The third-order valence-corrected chi connectivity index (χ3v) is 7.70. The Morgan fingerprint density at radius 3 is 2.27 bits per heavy atom. The van der Waals surface area contributed by atoms with Gasteiger partial charge < -0.3 is 14.7 Å². The molecule has 0 fully saturated rings. The number of benzene rings is 2. The van der Waals surface area contributed by atoms with E-state index in [4.69, 9.17) is 4.98 Å². The van der Waals surface area contributed by atoms with Crippen molar-refractivity contribution in [2.75, 3.05) is 6.54 Å². The lowest BCUT2D eigenvalue weighted by Gasteiger charge is -2.29. The summed E-state index contributed by atoms with van der Waals surface area (Å²) >= 11 is 0. The number of nitrogens with one attached hydrogen (secondary N) is 1. The zero-order valence-corrected chi connectivity index (χ0v) is 24.2. The molecule has 0 saturated heterocycles. The minimum atomic E-state index is -0.150. The van der Waals surface area contributed by atoms with Gasteiger partial charge in [-0.05, 0) is 53.9 Å². The zero-order valence-electron chi connectivity index (χ0n) is 24.2. The third kappa shape index (κ3) is 5.77. The maximum absolute atomic E-state index is 11.5. The topological polar surface area (TPSA) is 57.1 Å². The van der Waals surface area contributed by atoms with Crippen LogP contribution in [-0.4, -0.2) is 31.1 Å². The van der Waals surface area contributed by atoms with Crippen LogP contribution in [0.5, 0.6) is 5.75 Å². The summed E-state index contributed by atoms with van der Waals surface area (Å²) in [5.74, 6) is 1.47. The van der Waals surface area contributed by atoms with Gasteiger partial charge >= 0.3 is 0 Å². The van der Waals surface area contributed by atoms with E-state index in [9.17, 15) is 5.11 Å². The normalized spacial score (nSPS) is 12.7. The summed E-state index contributed by atoms with van der Waals surface area (Å²) in [6, 6.07) is 12.9. The van der Waals surface area contributed by atoms with E-state index in [2.05, 4.69) is 119 Å². The minimum Gasteiger partial charge on any atom is -0.507 e. The minimum absolute atomic E-state index is 0.00871. The van der Waals surface area contributed by atoms with E-state index < -0.39 is 0 Å². The lowest BCUT2D eigenvalue weighted by Crippen LogP contribution is -2.28. The van der Waals surface area contributed by atoms with Gasteiger partial charge in [-0.25, -0.2) is 4.98 Å². The highest BCUT2D eigenvalue weighted by Gasteiger charge is 2.26. The standard InChI is InChI=1S/C32H44N4O/c1-21-22(2)35(9)29(34-21)20-36(15-14-23-18-33-28-13-11-10-12-26(23)28)19-24-16-25(31(3,4)5)17-27(30(24)37)32(6,7)8/h10-13,16-18,33,37H,14-15,19-20H2,1-9H3. The fourth-order valence-electron chi connectivity index (χ4n) is 5.02.